The number of ether oxygens (including phenoxy) is 1. The number of halogens is 2. The topological polar surface area (TPSA) is 79.2 Å². The first-order valence-electron chi connectivity index (χ1n) is 10.8. The number of amidine groups is 1. The van der Waals surface area contributed by atoms with Crippen LogP contribution in [0, 0.1) is 0 Å². The minimum atomic E-state index is -0.850. The molecule has 35 heavy (non-hydrogen) atoms. The van der Waals surface area contributed by atoms with Gasteiger partial charge in [0.25, 0.3) is 5.91 Å². The summed E-state index contributed by atoms with van der Waals surface area (Å²) < 4.78 is 5.38. The van der Waals surface area contributed by atoms with E-state index in [1.807, 2.05) is 18.2 Å². The monoisotopic (exact) mass is 526 g/mol. The molecule has 5 rings (SSSR count). The Morgan fingerprint density at radius 3 is 2.66 bits per heavy atom. The number of para-hydroxylation sites is 1. The predicted octanol–water partition coefficient (Wildman–Crippen LogP) is 5.39. The van der Waals surface area contributed by atoms with E-state index in [1.165, 1.54) is 23.8 Å². The summed E-state index contributed by atoms with van der Waals surface area (Å²) in [4.78, 5) is 33.1. The first kappa shape index (κ1) is 23.7. The number of hydrogen-bond donors (Lipinski definition) is 1. The minimum absolute atomic E-state index is 0.0190. The number of fused-ring (bicyclic) bond motifs is 1. The molecule has 178 valence electrons. The van der Waals surface area contributed by atoms with E-state index in [-0.39, 0.29) is 29.1 Å². The molecule has 2 aromatic carbocycles. The van der Waals surface area contributed by atoms with Crippen LogP contribution in [0.3, 0.4) is 0 Å². The zero-order valence-electron chi connectivity index (χ0n) is 18.5. The summed E-state index contributed by atoms with van der Waals surface area (Å²) in [5, 5.41) is 12.4. The molecule has 2 aliphatic heterocycles. The first-order chi connectivity index (χ1) is 16.9. The normalized spacial score (nSPS) is 23.3. The van der Waals surface area contributed by atoms with Crippen LogP contribution < -0.4 is 4.74 Å². The molecule has 0 aromatic heterocycles. The van der Waals surface area contributed by atoms with Crippen LogP contribution in [0.1, 0.15) is 17.2 Å². The van der Waals surface area contributed by atoms with Crippen molar-refractivity contribution in [1.82, 2.24) is 4.90 Å². The molecule has 2 heterocycles. The summed E-state index contributed by atoms with van der Waals surface area (Å²) in [7, 11) is 1.53. The highest BCUT2D eigenvalue weighted by atomic mass is 35.5. The van der Waals surface area contributed by atoms with Gasteiger partial charge in [0.2, 0.25) is 0 Å². The zero-order chi connectivity index (χ0) is 24.7. The SMILES string of the molecule is COc1ccccc1CC(=O)C1=C(O)C(=O)N(C2=NC3C=CC(Cl)=CC3S2)C1c1ccc(Cl)cc1. The fraction of sp³-hybridized carbons (Fsp3) is 0.192. The second-order valence-electron chi connectivity index (χ2n) is 8.20. The lowest BCUT2D eigenvalue weighted by Gasteiger charge is -2.26. The number of benzene rings is 2. The van der Waals surface area contributed by atoms with Crippen molar-refractivity contribution in [2.24, 2.45) is 4.99 Å². The van der Waals surface area contributed by atoms with E-state index in [1.54, 1.807) is 48.5 Å². The number of amides is 1. The van der Waals surface area contributed by atoms with Gasteiger partial charge in [0.05, 0.1) is 30.0 Å². The zero-order valence-corrected chi connectivity index (χ0v) is 20.8. The molecule has 1 amide bonds. The van der Waals surface area contributed by atoms with Crippen LogP contribution in [0.2, 0.25) is 5.02 Å². The number of rotatable bonds is 5. The maximum Gasteiger partial charge on any atom is 0.296 e. The number of aliphatic hydroxyl groups excluding tert-OH is 1. The van der Waals surface area contributed by atoms with Crippen molar-refractivity contribution in [3.63, 3.8) is 0 Å². The molecule has 0 bridgehead atoms. The highest BCUT2D eigenvalue weighted by Gasteiger charge is 2.48. The Balaban J connectivity index is 1.54. The number of ketones is 1. The number of aliphatic imine (C=N–C) groups is 1. The maximum atomic E-state index is 13.6. The molecule has 3 unspecified atom stereocenters. The maximum absolute atomic E-state index is 13.6. The smallest absolute Gasteiger partial charge is 0.296 e. The second kappa shape index (κ2) is 9.57. The van der Waals surface area contributed by atoms with E-state index in [9.17, 15) is 14.7 Å². The Bertz CT molecular complexity index is 1330. The van der Waals surface area contributed by atoms with Gasteiger partial charge >= 0.3 is 0 Å². The molecular formula is C26H20Cl2N2O4S. The Morgan fingerprint density at radius 2 is 1.91 bits per heavy atom. The molecule has 1 aliphatic carbocycles. The van der Waals surface area contributed by atoms with E-state index in [2.05, 4.69) is 0 Å². The standard InChI is InChI=1S/C26H20Cl2N2O4S/c1-34-20-5-3-2-4-15(20)12-19(31)22-23(14-6-8-16(27)9-7-14)30(25(33)24(22)32)26-29-18-11-10-17(28)13-21(18)35-26/h2-11,13,18,21,23,32H,12H2,1H3. The number of hydrogen-bond acceptors (Lipinski definition) is 6. The summed E-state index contributed by atoms with van der Waals surface area (Å²) in [6.07, 6.45) is 5.49. The number of nitrogens with zero attached hydrogens (tertiary/aromatic N) is 2. The fourth-order valence-electron chi connectivity index (χ4n) is 4.40. The van der Waals surface area contributed by atoms with Crippen molar-refractivity contribution in [3.8, 4) is 5.75 Å². The van der Waals surface area contributed by atoms with Crippen molar-refractivity contribution in [1.29, 1.82) is 0 Å². The molecular weight excluding hydrogens is 507 g/mol. The van der Waals surface area contributed by atoms with E-state index < -0.39 is 17.7 Å². The summed E-state index contributed by atoms with van der Waals surface area (Å²) >= 11 is 13.6. The highest BCUT2D eigenvalue weighted by molar-refractivity contribution is 8.14. The third kappa shape index (κ3) is 4.40. The average Bonchev–Trinajstić information content (AvgIpc) is 3.37. The Labute approximate surface area is 216 Å². The number of thioether (sulfide) groups is 1. The third-order valence-electron chi connectivity index (χ3n) is 6.06. The number of carbonyl (C=O) groups excluding carboxylic acids is 2. The lowest BCUT2D eigenvalue weighted by Crippen LogP contribution is -2.35. The largest absolute Gasteiger partial charge is 0.503 e. The first-order valence-corrected chi connectivity index (χ1v) is 12.5. The lowest BCUT2D eigenvalue weighted by molar-refractivity contribution is -0.125. The van der Waals surface area contributed by atoms with Crippen LogP contribution in [0.15, 0.2) is 88.1 Å². The predicted molar refractivity (Wildman–Crippen MR) is 138 cm³/mol. The van der Waals surface area contributed by atoms with Gasteiger partial charge in [0.15, 0.2) is 16.7 Å². The second-order valence-corrected chi connectivity index (χ2v) is 10.2. The quantitative estimate of drug-likeness (QED) is 0.565. The van der Waals surface area contributed by atoms with Crippen LogP contribution in [-0.2, 0) is 16.0 Å². The van der Waals surface area contributed by atoms with Crippen LogP contribution in [0.25, 0.3) is 0 Å². The van der Waals surface area contributed by atoms with Crippen molar-refractivity contribution in [2.75, 3.05) is 7.11 Å². The Hall–Kier alpha value is -3.00. The van der Waals surface area contributed by atoms with Gasteiger partial charge in [0, 0.05) is 22.0 Å². The number of aliphatic hydroxyl groups is 1. The van der Waals surface area contributed by atoms with E-state index in [4.69, 9.17) is 32.9 Å². The summed E-state index contributed by atoms with van der Waals surface area (Å²) in [6.45, 7) is 0. The third-order valence-corrected chi connectivity index (χ3v) is 7.76. The molecule has 0 radical (unpaired) electrons. The van der Waals surface area contributed by atoms with Gasteiger partial charge in [-0.25, -0.2) is 0 Å². The van der Waals surface area contributed by atoms with E-state index in [0.717, 1.165) is 0 Å². The number of Topliss-reactive ketones (excluding diaryl/α,β-unsaturated/α-hetero) is 1. The molecule has 6 nitrogen and oxygen atoms in total. The van der Waals surface area contributed by atoms with Crippen LogP contribution in [0.5, 0.6) is 5.75 Å². The molecule has 0 fully saturated rings. The lowest BCUT2D eigenvalue weighted by atomic mass is 9.93. The van der Waals surface area contributed by atoms with Gasteiger partial charge in [-0.15, -0.1) is 0 Å². The molecule has 9 heteroatoms. The number of carbonyl (C=O) groups is 2. The van der Waals surface area contributed by atoms with Gasteiger partial charge in [-0.1, -0.05) is 71.4 Å². The Kier molecular flexibility index (Phi) is 6.49. The number of allylic oxidation sites excluding steroid dienone is 2. The average molecular weight is 527 g/mol. The van der Waals surface area contributed by atoms with Crippen LogP contribution in [0.4, 0.5) is 0 Å². The summed E-state index contributed by atoms with van der Waals surface area (Å²) in [5.74, 6) is -1.07. The molecule has 2 aromatic rings. The molecule has 3 aliphatic rings. The van der Waals surface area contributed by atoms with Crippen molar-refractivity contribution in [2.45, 2.75) is 23.8 Å². The summed E-state index contributed by atoms with van der Waals surface area (Å²) in [6, 6.07) is 13.0. The molecule has 0 saturated carbocycles. The van der Waals surface area contributed by atoms with E-state index in [0.29, 0.717) is 32.1 Å². The van der Waals surface area contributed by atoms with Crippen LogP contribution >= 0.6 is 35.0 Å². The number of methoxy groups -OCH3 is 1. The molecule has 3 atom stereocenters. The summed E-state index contributed by atoms with van der Waals surface area (Å²) in [5.41, 5.74) is 1.31. The van der Waals surface area contributed by atoms with Gasteiger partial charge < -0.3 is 9.84 Å². The molecule has 1 N–H and O–H groups in total. The van der Waals surface area contributed by atoms with Crippen LogP contribution in [-0.4, -0.2) is 45.3 Å². The van der Waals surface area contributed by atoms with E-state index >= 15 is 0 Å². The Morgan fingerprint density at radius 1 is 1.17 bits per heavy atom. The van der Waals surface area contributed by atoms with Crippen molar-refractivity contribution >= 4 is 51.8 Å². The minimum Gasteiger partial charge on any atom is -0.503 e. The van der Waals surface area contributed by atoms with Gasteiger partial charge in [0.1, 0.15) is 5.75 Å². The molecule has 0 spiro atoms. The fourth-order valence-corrected chi connectivity index (χ4v) is 6.04. The van der Waals surface area contributed by atoms with Crippen molar-refractivity contribution in [3.05, 3.63) is 99.3 Å². The highest BCUT2D eigenvalue weighted by Crippen LogP contribution is 2.44. The van der Waals surface area contributed by atoms with Gasteiger partial charge in [-0.05, 0) is 35.9 Å². The van der Waals surface area contributed by atoms with Gasteiger partial charge in [-0.2, -0.15) is 0 Å². The molecule has 0 saturated heterocycles. The van der Waals surface area contributed by atoms with Gasteiger partial charge in [-0.3, -0.25) is 19.5 Å². The van der Waals surface area contributed by atoms with Crippen molar-refractivity contribution < 1.29 is 19.4 Å².